The number of nitrogens with one attached hydrogen (secondary N) is 1. The molecule has 0 spiro atoms. The maximum absolute atomic E-state index is 5.39. The van der Waals surface area contributed by atoms with Crippen LogP contribution in [-0.4, -0.2) is 15.1 Å². The Bertz CT molecular complexity index is 738. The first-order chi connectivity index (χ1) is 9.83. The van der Waals surface area contributed by atoms with Crippen molar-refractivity contribution >= 4 is 0 Å². The molecule has 1 aliphatic rings. The molecule has 0 amide bonds. The highest BCUT2D eigenvalue weighted by Gasteiger charge is 2.27. The molecule has 0 unspecified atom stereocenters. The molecular formula is C16H15N3O. The summed E-state index contributed by atoms with van der Waals surface area (Å²) in [5, 5.41) is 4.20. The van der Waals surface area contributed by atoms with Crippen LogP contribution >= 0.6 is 0 Å². The highest BCUT2D eigenvalue weighted by molar-refractivity contribution is 5.79. The second kappa shape index (κ2) is 4.34. The average Bonchev–Trinajstić information content (AvgIpc) is 3.09. The SMILES string of the molecule is Cc1onc(-c2ccccc2)c1-c1c[nH]c(C2CC2)n1. The van der Waals surface area contributed by atoms with Crippen molar-refractivity contribution in [3.63, 3.8) is 0 Å². The van der Waals surface area contributed by atoms with Gasteiger partial charge in [-0.05, 0) is 19.8 Å². The van der Waals surface area contributed by atoms with E-state index in [1.165, 1.54) is 12.8 Å². The number of aromatic nitrogens is 3. The normalized spacial score (nSPS) is 14.7. The molecule has 1 N–H and O–H groups in total. The summed E-state index contributed by atoms with van der Waals surface area (Å²) in [6.45, 7) is 1.93. The quantitative estimate of drug-likeness (QED) is 0.781. The molecule has 2 aromatic heterocycles. The van der Waals surface area contributed by atoms with Crippen LogP contribution < -0.4 is 0 Å². The van der Waals surface area contributed by atoms with Crippen molar-refractivity contribution in [2.45, 2.75) is 25.7 Å². The summed E-state index contributed by atoms with van der Waals surface area (Å²) in [7, 11) is 0. The highest BCUT2D eigenvalue weighted by Crippen LogP contribution is 2.40. The van der Waals surface area contributed by atoms with Crippen molar-refractivity contribution in [1.29, 1.82) is 0 Å². The van der Waals surface area contributed by atoms with Crippen molar-refractivity contribution in [3.8, 4) is 22.5 Å². The largest absolute Gasteiger partial charge is 0.360 e. The van der Waals surface area contributed by atoms with Gasteiger partial charge in [0.1, 0.15) is 17.3 Å². The van der Waals surface area contributed by atoms with Crippen LogP contribution in [0, 0.1) is 6.92 Å². The zero-order valence-corrected chi connectivity index (χ0v) is 11.3. The first-order valence-electron chi connectivity index (χ1n) is 6.90. The number of H-pyrrole nitrogens is 1. The van der Waals surface area contributed by atoms with Crippen molar-refractivity contribution < 1.29 is 4.52 Å². The molecule has 0 radical (unpaired) electrons. The zero-order chi connectivity index (χ0) is 13.5. The van der Waals surface area contributed by atoms with E-state index in [0.717, 1.165) is 34.1 Å². The van der Waals surface area contributed by atoms with Crippen LogP contribution in [0.5, 0.6) is 0 Å². The summed E-state index contributed by atoms with van der Waals surface area (Å²) < 4.78 is 5.39. The van der Waals surface area contributed by atoms with Gasteiger partial charge in [-0.2, -0.15) is 0 Å². The van der Waals surface area contributed by atoms with Crippen LogP contribution in [0.15, 0.2) is 41.1 Å². The third-order valence-corrected chi connectivity index (χ3v) is 3.73. The number of benzene rings is 1. The van der Waals surface area contributed by atoms with Gasteiger partial charge in [0, 0.05) is 17.7 Å². The molecule has 0 saturated heterocycles. The smallest absolute Gasteiger partial charge is 0.143 e. The minimum absolute atomic E-state index is 0.615. The lowest BCUT2D eigenvalue weighted by Gasteiger charge is -1.99. The van der Waals surface area contributed by atoms with Crippen LogP contribution in [-0.2, 0) is 0 Å². The number of aromatic amines is 1. The topological polar surface area (TPSA) is 54.7 Å². The van der Waals surface area contributed by atoms with Gasteiger partial charge in [-0.3, -0.25) is 0 Å². The second-order valence-corrected chi connectivity index (χ2v) is 5.27. The summed E-state index contributed by atoms with van der Waals surface area (Å²) in [4.78, 5) is 7.99. The number of nitrogens with zero attached hydrogens (tertiary/aromatic N) is 2. The van der Waals surface area contributed by atoms with E-state index in [1.54, 1.807) is 0 Å². The van der Waals surface area contributed by atoms with Crippen molar-refractivity contribution in [2.75, 3.05) is 0 Å². The maximum Gasteiger partial charge on any atom is 0.143 e. The molecule has 4 nitrogen and oxygen atoms in total. The Hall–Kier alpha value is -2.36. The fourth-order valence-corrected chi connectivity index (χ4v) is 2.50. The molecule has 0 atom stereocenters. The van der Waals surface area contributed by atoms with Crippen LogP contribution in [0.4, 0.5) is 0 Å². The molecule has 4 rings (SSSR count). The number of aryl methyl sites for hydroxylation is 1. The Labute approximate surface area is 116 Å². The predicted octanol–water partition coefficient (Wildman–Crippen LogP) is 3.92. The molecule has 3 aromatic rings. The summed E-state index contributed by atoms with van der Waals surface area (Å²) in [5.41, 5.74) is 3.82. The van der Waals surface area contributed by atoms with Gasteiger partial charge >= 0.3 is 0 Å². The summed E-state index contributed by atoms with van der Waals surface area (Å²) in [6.07, 6.45) is 4.43. The second-order valence-electron chi connectivity index (χ2n) is 5.27. The molecule has 0 bridgehead atoms. The minimum atomic E-state index is 0.615. The van der Waals surface area contributed by atoms with Gasteiger partial charge in [-0.25, -0.2) is 4.98 Å². The fraction of sp³-hybridized carbons (Fsp3) is 0.250. The monoisotopic (exact) mass is 265 g/mol. The Morgan fingerprint density at radius 1 is 1.20 bits per heavy atom. The molecule has 20 heavy (non-hydrogen) atoms. The minimum Gasteiger partial charge on any atom is -0.360 e. The Kier molecular flexibility index (Phi) is 2.49. The number of hydrogen-bond acceptors (Lipinski definition) is 3. The first-order valence-corrected chi connectivity index (χ1v) is 6.90. The van der Waals surface area contributed by atoms with Crippen molar-refractivity contribution in [3.05, 3.63) is 48.1 Å². The van der Waals surface area contributed by atoms with Crippen LogP contribution in [0.25, 0.3) is 22.5 Å². The summed E-state index contributed by atoms with van der Waals surface area (Å²) in [6, 6.07) is 10.1. The van der Waals surface area contributed by atoms with E-state index in [0.29, 0.717) is 5.92 Å². The average molecular weight is 265 g/mol. The molecule has 1 fully saturated rings. The lowest BCUT2D eigenvalue weighted by molar-refractivity contribution is 0.400. The Balaban J connectivity index is 1.82. The summed E-state index contributed by atoms with van der Waals surface area (Å²) in [5.74, 6) is 2.50. The third-order valence-electron chi connectivity index (χ3n) is 3.73. The third kappa shape index (κ3) is 1.84. The van der Waals surface area contributed by atoms with E-state index in [4.69, 9.17) is 9.51 Å². The Morgan fingerprint density at radius 3 is 2.75 bits per heavy atom. The standard InChI is InChI=1S/C16H15N3O/c1-10-14(13-9-17-16(18-13)12-7-8-12)15(19-20-10)11-5-3-2-4-6-11/h2-6,9,12H,7-8H2,1H3,(H,17,18). The summed E-state index contributed by atoms with van der Waals surface area (Å²) >= 11 is 0. The van der Waals surface area contributed by atoms with Crippen LogP contribution in [0.2, 0.25) is 0 Å². The first kappa shape index (κ1) is 11.5. The van der Waals surface area contributed by atoms with Crippen molar-refractivity contribution in [1.82, 2.24) is 15.1 Å². The van der Waals surface area contributed by atoms with E-state index in [9.17, 15) is 0 Å². The van der Waals surface area contributed by atoms with Gasteiger partial charge in [-0.1, -0.05) is 35.5 Å². The van der Waals surface area contributed by atoms with E-state index < -0.39 is 0 Å². The molecule has 1 aliphatic carbocycles. The van der Waals surface area contributed by atoms with Crippen LogP contribution in [0.3, 0.4) is 0 Å². The maximum atomic E-state index is 5.39. The van der Waals surface area contributed by atoms with Gasteiger partial charge < -0.3 is 9.51 Å². The Morgan fingerprint density at radius 2 is 2.00 bits per heavy atom. The van der Waals surface area contributed by atoms with E-state index in [-0.39, 0.29) is 0 Å². The molecule has 100 valence electrons. The number of hydrogen-bond donors (Lipinski definition) is 1. The zero-order valence-electron chi connectivity index (χ0n) is 11.3. The lowest BCUT2D eigenvalue weighted by Crippen LogP contribution is -1.85. The highest BCUT2D eigenvalue weighted by atomic mass is 16.5. The van der Waals surface area contributed by atoms with E-state index in [1.807, 2.05) is 43.5 Å². The molecule has 0 aliphatic heterocycles. The van der Waals surface area contributed by atoms with Gasteiger partial charge in [-0.15, -0.1) is 0 Å². The van der Waals surface area contributed by atoms with Gasteiger partial charge in [0.05, 0.1) is 11.3 Å². The number of imidazole rings is 1. The predicted molar refractivity (Wildman–Crippen MR) is 76.2 cm³/mol. The molecule has 2 heterocycles. The van der Waals surface area contributed by atoms with E-state index >= 15 is 0 Å². The molecular weight excluding hydrogens is 250 g/mol. The van der Waals surface area contributed by atoms with Crippen molar-refractivity contribution in [2.24, 2.45) is 0 Å². The van der Waals surface area contributed by atoms with Gasteiger partial charge in [0.2, 0.25) is 0 Å². The van der Waals surface area contributed by atoms with Gasteiger partial charge in [0.25, 0.3) is 0 Å². The molecule has 1 saturated carbocycles. The van der Waals surface area contributed by atoms with E-state index in [2.05, 4.69) is 10.1 Å². The fourth-order valence-electron chi connectivity index (χ4n) is 2.50. The number of rotatable bonds is 3. The van der Waals surface area contributed by atoms with Crippen LogP contribution in [0.1, 0.15) is 30.3 Å². The van der Waals surface area contributed by atoms with Gasteiger partial charge in [0.15, 0.2) is 0 Å². The molecule has 4 heteroatoms. The molecule has 1 aromatic carbocycles. The lowest BCUT2D eigenvalue weighted by atomic mass is 10.0.